The van der Waals surface area contributed by atoms with Crippen LogP contribution in [0, 0.1) is 0 Å². The van der Waals surface area contributed by atoms with Crippen LogP contribution in [0.4, 0.5) is 0 Å². The van der Waals surface area contributed by atoms with Crippen molar-refractivity contribution < 1.29 is 9.53 Å². The monoisotopic (exact) mass is 261 g/mol. The van der Waals surface area contributed by atoms with E-state index in [1.807, 2.05) is 43.3 Å². The summed E-state index contributed by atoms with van der Waals surface area (Å²) < 4.78 is 5.39. The van der Waals surface area contributed by atoms with Gasteiger partial charge in [-0.3, -0.25) is 4.79 Å². The topological polar surface area (TPSA) is 52.3 Å². The Balaban J connectivity index is 2.20. The van der Waals surface area contributed by atoms with E-state index in [-0.39, 0.29) is 12.3 Å². The van der Waals surface area contributed by atoms with Gasteiger partial charge in [0.15, 0.2) is 5.78 Å². The molecule has 0 aliphatic rings. The third-order valence-corrected chi connectivity index (χ3v) is 3.69. The fourth-order valence-electron chi connectivity index (χ4n) is 1.63. The van der Waals surface area contributed by atoms with E-state index in [0.29, 0.717) is 11.5 Å². The first kappa shape index (κ1) is 12.8. The van der Waals surface area contributed by atoms with Crippen LogP contribution in [0.15, 0.2) is 36.4 Å². The smallest absolute Gasteiger partial charge is 0.186 e. The van der Waals surface area contributed by atoms with Crippen molar-refractivity contribution in [3.05, 3.63) is 41.3 Å². The van der Waals surface area contributed by atoms with Crippen LogP contribution < -0.4 is 10.5 Å². The van der Waals surface area contributed by atoms with Gasteiger partial charge in [0.25, 0.3) is 0 Å². The van der Waals surface area contributed by atoms with Gasteiger partial charge in [-0.15, -0.1) is 11.3 Å². The SMILES string of the molecule is CCOc1ccc(-c2ccc(C(=O)CN)s2)cc1. The molecule has 0 saturated carbocycles. The Morgan fingerprint density at radius 3 is 2.56 bits per heavy atom. The molecule has 18 heavy (non-hydrogen) atoms. The predicted molar refractivity (Wildman–Crippen MR) is 74.3 cm³/mol. The molecule has 0 bridgehead atoms. The molecule has 0 fully saturated rings. The highest BCUT2D eigenvalue weighted by molar-refractivity contribution is 7.17. The van der Waals surface area contributed by atoms with Crippen molar-refractivity contribution in [3.8, 4) is 16.2 Å². The van der Waals surface area contributed by atoms with E-state index in [9.17, 15) is 4.79 Å². The summed E-state index contributed by atoms with van der Waals surface area (Å²) in [6, 6.07) is 11.6. The normalized spacial score (nSPS) is 10.3. The van der Waals surface area contributed by atoms with E-state index in [2.05, 4.69) is 0 Å². The highest BCUT2D eigenvalue weighted by atomic mass is 32.1. The summed E-state index contributed by atoms with van der Waals surface area (Å²) in [5.41, 5.74) is 6.43. The molecular weight excluding hydrogens is 246 g/mol. The molecule has 2 rings (SSSR count). The lowest BCUT2D eigenvalue weighted by atomic mass is 10.2. The number of hydrogen-bond acceptors (Lipinski definition) is 4. The van der Waals surface area contributed by atoms with E-state index in [0.717, 1.165) is 16.2 Å². The van der Waals surface area contributed by atoms with Crippen molar-refractivity contribution >= 4 is 17.1 Å². The Hall–Kier alpha value is -1.65. The molecule has 1 aromatic heterocycles. The summed E-state index contributed by atoms with van der Waals surface area (Å²) in [5.74, 6) is 0.841. The lowest BCUT2D eigenvalue weighted by Crippen LogP contribution is -2.11. The molecule has 3 nitrogen and oxygen atoms in total. The Bertz CT molecular complexity index is 531. The van der Waals surface area contributed by atoms with Gasteiger partial charge in [0.05, 0.1) is 18.0 Å². The Labute approximate surface area is 110 Å². The van der Waals surface area contributed by atoms with Crippen molar-refractivity contribution in [2.24, 2.45) is 5.73 Å². The first-order valence-electron chi connectivity index (χ1n) is 5.81. The van der Waals surface area contributed by atoms with Crippen molar-refractivity contribution in [1.82, 2.24) is 0 Å². The van der Waals surface area contributed by atoms with Crippen LogP contribution in [-0.2, 0) is 0 Å². The molecular formula is C14H15NO2S. The van der Waals surface area contributed by atoms with Crippen LogP contribution in [0.3, 0.4) is 0 Å². The van der Waals surface area contributed by atoms with Gasteiger partial charge < -0.3 is 10.5 Å². The van der Waals surface area contributed by atoms with E-state index >= 15 is 0 Å². The second-order valence-electron chi connectivity index (χ2n) is 3.75. The van der Waals surface area contributed by atoms with Crippen LogP contribution >= 0.6 is 11.3 Å². The summed E-state index contributed by atoms with van der Waals surface area (Å²) in [4.78, 5) is 13.2. The van der Waals surface area contributed by atoms with Crippen LogP contribution in [0.25, 0.3) is 10.4 Å². The number of ketones is 1. The van der Waals surface area contributed by atoms with Gasteiger partial charge in [-0.25, -0.2) is 0 Å². The third-order valence-electron chi connectivity index (χ3n) is 2.52. The van der Waals surface area contributed by atoms with E-state index in [1.165, 1.54) is 11.3 Å². The lowest BCUT2D eigenvalue weighted by molar-refractivity contribution is 0.100. The lowest BCUT2D eigenvalue weighted by Gasteiger charge is -2.03. The minimum absolute atomic E-state index is 0.0165. The first-order valence-corrected chi connectivity index (χ1v) is 6.62. The number of rotatable bonds is 5. The van der Waals surface area contributed by atoms with Crippen LogP contribution in [0.1, 0.15) is 16.6 Å². The van der Waals surface area contributed by atoms with Gasteiger partial charge in [0.1, 0.15) is 5.75 Å². The van der Waals surface area contributed by atoms with Crippen molar-refractivity contribution in [3.63, 3.8) is 0 Å². The van der Waals surface area contributed by atoms with Crippen molar-refractivity contribution in [1.29, 1.82) is 0 Å². The van der Waals surface area contributed by atoms with Gasteiger partial charge in [0, 0.05) is 4.88 Å². The average molecular weight is 261 g/mol. The number of ether oxygens (including phenoxy) is 1. The molecule has 1 heterocycles. The Kier molecular flexibility index (Phi) is 4.12. The first-order chi connectivity index (χ1) is 8.74. The zero-order chi connectivity index (χ0) is 13.0. The van der Waals surface area contributed by atoms with Crippen LogP contribution in [0.2, 0.25) is 0 Å². The number of nitrogens with two attached hydrogens (primary N) is 1. The summed E-state index contributed by atoms with van der Waals surface area (Å²) in [5, 5.41) is 0. The Morgan fingerprint density at radius 2 is 1.94 bits per heavy atom. The van der Waals surface area contributed by atoms with Gasteiger partial charge in [-0.2, -0.15) is 0 Å². The summed E-state index contributed by atoms with van der Waals surface area (Å²) in [6.45, 7) is 2.68. The summed E-state index contributed by atoms with van der Waals surface area (Å²) >= 11 is 1.47. The number of carbonyl (C=O) groups is 1. The van der Waals surface area contributed by atoms with Crippen LogP contribution in [0.5, 0.6) is 5.75 Å². The number of benzene rings is 1. The summed E-state index contributed by atoms with van der Waals surface area (Å²) in [6.07, 6.45) is 0. The number of Topliss-reactive ketones (excluding diaryl/α,β-unsaturated/α-hetero) is 1. The molecule has 2 N–H and O–H groups in total. The van der Waals surface area contributed by atoms with E-state index in [1.54, 1.807) is 0 Å². The van der Waals surface area contributed by atoms with Gasteiger partial charge >= 0.3 is 0 Å². The maximum absolute atomic E-state index is 11.5. The molecule has 1 aromatic carbocycles. The Morgan fingerprint density at radius 1 is 1.22 bits per heavy atom. The molecule has 4 heteroatoms. The van der Waals surface area contributed by atoms with Crippen LogP contribution in [-0.4, -0.2) is 18.9 Å². The standard InChI is InChI=1S/C14H15NO2S/c1-2-17-11-5-3-10(4-6-11)13-7-8-14(18-13)12(16)9-15/h3-8H,2,9,15H2,1H3. The zero-order valence-electron chi connectivity index (χ0n) is 10.2. The minimum atomic E-state index is -0.0165. The molecule has 2 aromatic rings. The third kappa shape index (κ3) is 2.78. The average Bonchev–Trinajstić information content (AvgIpc) is 2.89. The summed E-state index contributed by atoms with van der Waals surface area (Å²) in [7, 11) is 0. The predicted octanol–water partition coefficient (Wildman–Crippen LogP) is 2.96. The number of thiophene rings is 1. The van der Waals surface area contributed by atoms with Gasteiger partial charge in [0.2, 0.25) is 0 Å². The second-order valence-corrected chi connectivity index (χ2v) is 4.83. The maximum atomic E-state index is 11.5. The molecule has 0 radical (unpaired) electrons. The van der Waals surface area contributed by atoms with E-state index in [4.69, 9.17) is 10.5 Å². The largest absolute Gasteiger partial charge is 0.494 e. The number of carbonyl (C=O) groups excluding carboxylic acids is 1. The molecule has 0 aliphatic carbocycles. The van der Waals surface area contributed by atoms with Gasteiger partial charge in [-0.1, -0.05) is 0 Å². The fraction of sp³-hybridized carbons (Fsp3) is 0.214. The second kappa shape index (κ2) is 5.80. The molecule has 0 aliphatic heterocycles. The minimum Gasteiger partial charge on any atom is -0.494 e. The van der Waals surface area contributed by atoms with Crippen molar-refractivity contribution in [2.75, 3.05) is 13.2 Å². The molecule has 0 atom stereocenters. The van der Waals surface area contributed by atoms with Crippen molar-refractivity contribution in [2.45, 2.75) is 6.92 Å². The quantitative estimate of drug-likeness (QED) is 0.842. The molecule has 0 amide bonds. The molecule has 0 unspecified atom stereocenters. The molecule has 0 spiro atoms. The van der Waals surface area contributed by atoms with E-state index < -0.39 is 0 Å². The molecule has 0 saturated heterocycles. The number of hydrogen-bond donors (Lipinski definition) is 1. The zero-order valence-corrected chi connectivity index (χ0v) is 11.0. The highest BCUT2D eigenvalue weighted by Crippen LogP contribution is 2.29. The maximum Gasteiger partial charge on any atom is 0.186 e. The fourth-order valence-corrected chi connectivity index (χ4v) is 2.59. The van der Waals surface area contributed by atoms with Gasteiger partial charge in [-0.05, 0) is 48.9 Å². The highest BCUT2D eigenvalue weighted by Gasteiger charge is 2.08. The molecule has 94 valence electrons.